The molecule has 4 aliphatic heterocycles. The number of amidine groups is 1. The van der Waals surface area contributed by atoms with Crippen LogP contribution in [0.25, 0.3) is 5.57 Å². The topological polar surface area (TPSA) is 30.9 Å². The molecule has 0 amide bonds. The number of benzene rings is 1. The fourth-order valence-electron chi connectivity index (χ4n) is 3.28. The Labute approximate surface area is 158 Å². The van der Waals surface area contributed by atoms with Crippen molar-refractivity contribution in [1.29, 1.82) is 0 Å². The van der Waals surface area contributed by atoms with Gasteiger partial charge in [0.25, 0.3) is 0 Å². The number of hydrazine groups is 1. The zero-order valence-corrected chi connectivity index (χ0v) is 15.9. The van der Waals surface area contributed by atoms with Crippen LogP contribution in [0.1, 0.15) is 5.56 Å². The molecule has 0 bridgehead atoms. The molecule has 4 heterocycles. The van der Waals surface area contributed by atoms with E-state index < -0.39 is 0 Å². The van der Waals surface area contributed by atoms with Crippen LogP contribution in [0.15, 0.2) is 64.1 Å². The third kappa shape index (κ3) is 2.54. The zero-order valence-electron chi connectivity index (χ0n) is 12.7. The highest BCUT2D eigenvalue weighted by Gasteiger charge is 2.35. The Hall–Kier alpha value is -1.15. The predicted octanol–water partition coefficient (Wildman–Crippen LogP) is 3.79. The molecule has 0 spiro atoms. The first kappa shape index (κ1) is 15.1. The number of hydrogen-bond donors (Lipinski definition) is 1. The summed E-state index contributed by atoms with van der Waals surface area (Å²) < 4.78 is 2.26. The normalized spacial score (nSPS) is 28.2. The quantitative estimate of drug-likeness (QED) is 0.701. The number of nitrogens with zero attached hydrogens (tertiary/aromatic N) is 3. The minimum atomic E-state index is 0.337. The van der Waals surface area contributed by atoms with Crippen LogP contribution in [-0.2, 0) is 0 Å². The number of halogens is 1. The van der Waals surface area contributed by atoms with Crippen molar-refractivity contribution in [3.8, 4) is 0 Å². The van der Waals surface area contributed by atoms with Crippen molar-refractivity contribution in [2.75, 3.05) is 12.4 Å². The van der Waals surface area contributed by atoms with Gasteiger partial charge in [-0.2, -0.15) is 0 Å². The van der Waals surface area contributed by atoms with Gasteiger partial charge in [0.1, 0.15) is 6.67 Å². The smallest absolute Gasteiger partial charge is 0.166 e. The summed E-state index contributed by atoms with van der Waals surface area (Å²) in [5.41, 5.74) is 9.01. The van der Waals surface area contributed by atoms with E-state index in [1.54, 1.807) is 4.03 Å². The highest BCUT2D eigenvalue weighted by atomic mass is 79.9. The van der Waals surface area contributed by atoms with Gasteiger partial charge in [-0.25, -0.2) is 9.46 Å². The molecule has 1 N–H and O–H groups in total. The number of allylic oxidation sites excluding steroid dienone is 1. The van der Waals surface area contributed by atoms with Gasteiger partial charge < -0.3 is 0 Å². The molecule has 24 heavy (non-hydrogen) atoms. The summed E-state index contributed by atoms with van der Waals surface area (Å²) >= 11 is 7.38. The third-order valence-electron chi connectivity index (χ3n) is 4.45. The summed E-state index contributed by atoms with van der Waals surface area (Å²) in [5, 5.41) is 8.91. The molecule has 1 aromatic rings. The fraction of sp³-hybridized carbons (Fsp3) is 0.235. The number of hydrogen-bond acceptors (Lipinski definition) is 6. The predicted molar refractivity (Wildman–Crippen MR) is 106 cm³/mol. The maximum atomic E-state index is 4.49. The van der Waals surface area contributed by atoms with Crippen LogP contribution in [-0.4, -0.2) is 37.9 Å². The highest BCUT2D eigenvalue weighted by molar-refractivity contribution is 9.07. The molecule has 2 unspecified atom stereocenters. The Kier molecular flexibility index (Phi) is 3.77. The first-order valence-electron chi connectivity index (χ1n) is 7.80. The summed E-state index contributed by atoms with van der Waals surface area (Å²) in [5.74, 6) is 2.03. The molecule has 122 valence electrons. The Morgan fingerprint density at radius 2 is 2.08 bits per heavy atom. The average molecular weight is 419 g/mol. The maximum absolute atomic E-state index is 4.49. The molecule has 0 saturated carbocycles. The van der Waals surface area contributed by atoms with E-state index in [0.717, 1.165) is 18.3 Å². The van der Waals surface area contributed by atoms with Gasteiger partial charge in [0.15, 0.2) is 5.84 Å². The zero-order chi connectivity index (χ0) is 16.1. The van der Waals surface area contributed by atoms with Gasteiger partial charge in [-0.1, -0.05) is 36.4 Å². The first-order chi connectivity index (χ1) is 11.8. The van der Waals surface area contributed by atoms with Crippen molar-refractivity contribution < 1.29 is 0 Å². The Balaban J connectivity index is 1.55. The molecule has 1 aromatic carbocycles. The van der Waals surface area contributed by atoms with E-state index >= 15 is 0 Å². The Morgan fingerprint density at radius 1 is 1.21 bits per heavy atom. The molecule has 4 nitrogen and oxygen atoms in total. The van der Waals surface area contributed by atoms with Gasteiger partial charge >= 0.3 is 0 Å². The number of thioether (sulfide) groups is 2. The Morgan fingerprint density at radius 3 is 2.96 bits per heavy atom. The van der Waals surface area contributed by atoms with E-state index in [1.807, 2.05) is 23.5 Å². The van der Waals surface area contributed by atoms with Gasteiger partial charge in [0.2, 0.25) is 0 Å². The van der Waals surface area contributed by atoms with Crippen molar-refractivity contribution in [1.82, 2.24) is 14.5 Å². The number of rotatable bonds is 1. The van der Waals surface area contributed by atoms with Crippen molar-refractivity contribution in [3.63, 3.8) is 0 Å². The molecule has 0 saturated heterocycles. The minimum absolute atomic E-state index is 0.337. The molecule has 7 heteroatoms. The maximum Gasteiger partial charge on any atom is 0.166 e. The minimum Gasteiger partial charge on any atom is -0.268 e. The van der Waals surface area contributed by atoms with E-state index in [2.05, 4.69) is 79.6 Å². The summed E-state index contributed by atoms with van der Waals surface area (Å²) in [6.45, 7) is 0.726. The summed E-state index contributed by atoms with van der Waals surface area (Å²) in [7, 11) is 0. The lowest BCUT2D eigenvalue weighted by atomic mass is 9.96. The molecule has 0 aromatic heterocycles. The van der Waals surface area contributed by atoms with E-state index in [1.165, 1.54) is 22.3 Å². The van der Waals surface area contributed by atoms with Gasteiger partial charge in [-0.3, -0.25) is 5.01 Å². The fourth-order valence-corrected chi connectivity index (χ4v) is 6.26. The van der Waals surface area contributed by atoms with Crippen molar-refractivity contribution in [3.05, 3.63) is 64.6 Å². The second kappa shape index (κ2) is 5.98. The number of hydrazone groups is 1. The SMILES string of the molecule is BrN1CN2NC3CSC4SC=C(c5ccccc5)C4=CC3=CC2=N1. The first-order valence-corrected chi connectivity index (χ1v) is 10.5. The lowest BCUT2D eigenvalue weighted by Gasteiger charge is -2.31. The second-order valence-electron chi connectivity index (χ2n) is 5.99. The molecular formula is C17H15BrN4S2. The molecule has 4 aliphatic rings. The summed E-state index contributed by atoms with van der Waals surface area (Å²) in [4.78, 5) is 0. The van der Waals surface area contributed by atoms with Crippen LogP contribution in [0.3, 0.4) is 0 Å². The number of fused-ring (bicyclic) bond motifs is 3. The second-order valence-corrected chi connectivity index (χ2v) is 9.22. The van der Waals surface area contributed by atoms with Crippen molar-refractivity contribution in [2.45, 2.75) is 10.6 Å². The van der Waals surface area contributed by atoms with E-state index in [9.17, 15) is 0 Å². The lowest BCUT2D eigenvalue weighted by Crippen LogP contribution is -2.51. The van der Waals surface area contributed by atoms with E-state index in [0.29, 0.717) is 10.6 Å². The molecule has 0 fully saturated rings. The van der Waals surface area contributed by atoms with E-state index in [-0.39, 0.29) is 0 Å². The molecule has 5 rings (SSSR count). The number of nitrogens with one attached hydrogen (secondary N) is 1. The van der Waals surface area contributed by atoms with E-state index in [4.69, 9.17) is 0 Å². The summed E-state index contributed by atoms with van der Waals surface area (Å²) in [6, 6.07) is 11.0. The van der Waals surface area contributed by atoms with Crippen LogP contribution < -0.4 is 5.43 Å². The molecule has 2 atom stereocenters. The van der Waals surface area contributed by atoms with Gasteiger partial charge in [0.05, 0.1) is 26.8 Å². The third-order valence-corrected chi connectivity index (χ3v) is 7.53. The van der Waals surface area contributed by atoms with Gasteiger partial charge in [0, 0.05) is 5.75 Å². The van der Waals surface area contributed by atoms with Crippen LogP contribution in [0, 0.1) is 0 Å². The standard InChI is InChI=1S/C17H15BrN4S2/c18-22-10-21-16(20-22)7-12-6-13-14(11-4-2-1-3-5-11)8-23-17(13)24-9-15(12)19-21/h1-8,15,17,19H,9-10H2. The van der Waals surface area contributed by atoms with Crippen LogP contribution in [0.5, 0.6) is 0 Å². The molecule has 0 radical (unpaired) electrons. The lowest BCUT2D eigenvalue weighted by molar-refractivity contribution is 0.256. The Bertz CT molecular complexity index is 802. The van der Waals surface area contributed by atoms with Crippen LogP contribution in [0.4, 0.5) is 0 Å². The van der Waals surface area contributed by atoms with Crippen molar-refractivity contribution >= 4 is 51.1 Å². The molecular weight excluding hydrogens is 404 g/mol. The average Bonchev–Trinajstić information content (AvgIpc) is 3.11. The van der Waals surface area contributed by atoms with Crippen molar-refractivity contribution in [2.24, 2.45) is 5.10 Å². The summed E-state index contributed by atoms with van der Waals surface area (Å²) in [6.07, 6.45) is 4.59. The monoisotopic (exact) mass is 418 g/mol. The molecule has 0 aliphatic carbocycles. The van der Waals surface area contributed by atoms with Gasteiger partial charge in [-0.05, 0) is 33.8 Å². The largest absolute Gasteiger partial charge is 0.268 e. The van der Waals surface area contributed by atoms with Crippen LogP contribution in [0.2, 0.25) is 0 Å². The van der Waals surface area contributed by atoms with Crippen LogP contribution >= 0.6 is 39.7 Å². The van der Waals surface area contributed by atoms with Gasteiger partial charge in [-0.15, -0.1) is 28.6 Å². The highest BCUT2D eigenvalue weighted by Crippen LogP contribution is 2.48.